The van der Waals surface area contributed by atoms with Crippen molar-refractivity contribution in [2.45, 2.75) is 26.3 Å². The molecule has 1 rings (SSSR count). The zero-order chi connectivity index (χ0) is 15.0. The molecule has 3 N–H and O–H groups in total. The summed E-state index contributed by atoms with van der Waals surface area (Å²) in [5.74, 6) is -1.13. The van der Waals surface area contributed by atoms with Gasteiger partial charge in [-0.15, -0.1) is 0 Å². The van der Waals surface area contributed by atoms with Crippen LogP contribution < -0.4 is 5.32 Å². The minimum Gasteiger partial charge on any atom is -0.505 e. The van der Waals surface area contributed by atoms with Crippen LogP contribution in [0.1, 0.15) is 25.3 Å². The summed E-state index contributed by atoms with van der Waals surface area (Å²) in [6.07, 6.45) is 1.82. The molecule has 0 bridgehead atoms. The number of amides is 2. The molecule has 5 nitrogen and oxygen atoms in total. The van der Waals surface area contributed by atoms with Gasteiger partial charge in [0.1, 0.15) is 0 Å². The van der Waals surface area contributed by atoms with E-state index in [-0.39, 0.29) is 25.7 Å². The van der Waals surface area contributed by atoms with Crippen molar-refractivity contribution < 1.29 is 19.4 Å². The second kappa shape index (κ2) is 8.37. The lowest BCUT2D eigenvalue weighted by atomic mass is 10.2. The maximum absolute atomic E-state index is 13.1. The van der Waals surface area contributed by atoms with Gasteiger partial charge >= 0.3 is 6.03 Å². The van der Waals surface area contributed by atoms with Gasteiger partial charge in [0.05, 0.1) is 6.61 Å². The maximum Gasteiger partial charge on any atom is 0.317 e. The van der Waals surface area contributed by atoms with Gasteiger partial charge in [-0.2, -0.15) is 0 Å². The maximum atomic E-state index is 13.1. The summed E-state index contributed by atoms with van der Waals surface area (Å²) in [7, 11) is 0. The molecule has 2 amide bonds. The number of hydrogen-bond acceptors (Lipinski definition) is 3. The fraction of sp³-hybridized carbons (Fsp3) is 0.500. The number of nitrogens with zero attached hydrogens (tertiary/aromatic N) is 1. The Morgan fingerprint density at radius 1 is 1.40 bits per heavy atom. The molecular formula is C14H21FN2O3. The van der Waals surface area contributed by atoms with Crippen molar-refractivity contribution >= 4 is 6.03 Å². The summed E-state index contributed by atoms with van der Waals surface area (Å²) >= 11 is 0. The average molecular weight is 284 g/mol. The number of rotatable bonds is 7. The first kappa shape index (κ1) is 16.2. The topological polar surface area (TPSA) is 72.8 Å². The second-order valence-electron chi connectivity index (χ2n) is 4.51. The van der Waals surface area contributed by atoms with E-state index in [1.165, 1.54) is 17.0 Å². The summed E-state index contributed by atoms with van der Waals surface area (Å²) in [6, 6.07) is 3.68. The number of benzene rings is 1. The van der Waals surface area contributed by atoms with Crippen molar-refractivity contribution in [2.75, 3.05) is 19.7 Å². The summed E-state index contributed by atoms with van der Waals surface area (Å²) in [5, 5.41) is 20.7. The van der Waals surface area contributed by atoms with E-state index in [2.05, 4.69) is 5.32 Å². The zero-order valence-electron chi connectivity index (χ0n) is 11.6. The lowest BCUT2D eigenvalue weighted by Gasteiger charge is -2.22. The smallest absolute Gasteiger partial charge is 0.317 e. The molecule has 0 aliphatic carbocycles. The van der Waals surface area contributed by atoms with Gasteiger partial charge < -0.3 is 20.4 Å². The summed E-state index contributed by atoms with van der Waals surface area (Å²) in [4.78, 5) is 13.5. The van der Waals surface area contributed by atoms with E-state index in [1.54, 1.807) is 6.07 Å². The first-order valence-electron chi connectivity index (χ1n) is 6.69. The zero-order valence-corrected chi connectivity index (χ0v) is 11.6. The van der Waals surface area contributed by atoms with Crippen LogP contribution in [0, 0.1) is 5.82 Å². The van der Waals surface area contributed by atoms with Gasteiger partial charge in [-0.05, 0) is 24.1 Å². The van der Waals surface area contributed by atoms with Crippen LogP contribution in [0.25, 0.3) is 0 Å². The SMILES string of the molecule is CCCCN(CCO)C(=O)NCc1ccc(O)c(F)c1. The Morgan fingerprint density at radius 3 is 2.75 bits per heavy atom. The quantitative estimate of drug-likeness (QED) is 0.715. The second-order valence-corrected chi connectivity index (χ2v) is 4.51. The standard InChI is InChI=1S/C14H21FN2O3/c1-2-3-6-17(7-8-18)14(20)16-10-11-4-5-13(19)12(15)9-11/h4-5,9,18-19H,2-3,6-8,10H2,1H3,(H,16,20). The Kier molecular flexibility index (Phi) is 6.79. The van der Waals surface area contributed by atoms with Crippen LogP contribution in [0.4, 0.5) is 9.18 Å². The van der Waals surface area contributed by atoms with E-state index in [0.29, 0.717) is 12.1 Å². The van der Waals surface area contributed by atoms with Crippen LogP contribution in [0.5, 0.6) is 5.75 Å². The Bertz CT molecular complexity index is 440. The minimum atomic E-state index is -0.713. The van der Waals surface area contributed by atoms with E-state index in [9.17, 15) is 9.18 Å². The largest absolute Gasteiger partial charge is 0.505 e. The monoisotopic (exact) mass is 284 g/mol. The number of nitrogens with one attached hydrogen (secondary N) is 1. The van der Waals surface area contributed by atoms with E-state index < -0.39 is 11.6 Å². The lowest BCUT2D eigenvalue weighted by Crippen LogP contribution is -2.41. The third-order valence-electron chi connectivity index (χ3n) is 2.89. The highest BCUT2D eigenvalue weighted by atomic mass is 19.1. The number of aliphatic hydroxyl groups is 1. The van der Waals surface area contributed by atoms with Crippen molar-refractivity contribution in [3.05, 3.63) is 29.6 Å². The summed E-state index contributed by atoms with van der Waals surface area (Å²) in [5.41, 5.74) is 0.563. The van der Waals surface area contributed by atoms with Crippen LogP contribution in [-0.4, -0.2) is 40.8 Å². The molecule has 20 heavy (non-hydrogen) atoms. The molecular weight excluding hydrogens is 263 g/mol. The van der Waals surface area contributed by atoms with Crippen LogP contribution in [0.2, 0.25) is 0 Å². The third-order valence-corrected chi connectivity index (χ3v) is 2.89. The molecule has 0 spiro atoms. The number of carbonyl (C=O) groups excluding carboxylic acids is 1. The molecule has 0 atom stereocenters. The van der Waals surface area contributed by atoms with Gasteiger partial charge in [-0.1, -0.05) is 19.4 Å². The number of urea groups is 1. The molecule has 1 aromatic rings. The van der Waals surface area contributed by atoms with Gasteiger partial charge in [-0.25, -0.2) is 9.18 Å². The van der Waals surface area contributed by atoms with E-state index in [4.69, 9.17) is 10.2 Å². The highest BCUT2D eigenvalue weighted by Gasteiger charge is 2.12. The number of unbranched alkanes of at least 4 members (excludes halogenated alkanes) is 1. The van der Waals surface area contributed by atoms with Crippen molar-refractivity contribution in [3.63, 3.8) is 0 Å². The first-order valence-corrected chi connectivity index (χ1v) is 6.69. The van der Waals surface area contributed by atoms with Crippen molar-refractivity contribution in [2.24, 2.45) is 0 Å². The predicted molar refractivity (Wildman–Crippen MR) is 73.9 cm³/mol. The Labute approximate surface area is 118 Å². The van der Waals surface area contributed by atoms with E-state index in [0.717, 1.165) is 12.8 Å². The molecule has 0 radical (unpaired) electrons. The third kappa shape index (κ3) is 5.05. The minimum absolute atomic E-state index is 0.0923. The predicted octanol–water partition coefficient (Wildman–Crippen LogP) is 1.84. The number of aromatic hydroxyl groups is 1. The Balaban J connectivity index is 2.52. The highest BCUT2D eigenvalue weighted by molar-refractivity contribution is 5.74. The average Bonchev–Trinajstić information content (AvgIpc) is 2.44. The molecule has 112 valence electrons. The molecule has 0 fully saturated rings. The fourth-order valence-corrected chi connectivity index (χ4v) is 1.73. The molecule has 0 aromatic heterocycles. The number of halogens is 1. The first-order chi connectivity index (χ1) is 9.58. The van der Waals surface area contributed by atoms with Crippen molar-refractivity contribution in [1.82, 2.24) is 10.2 Å². The normalized spacial score (nSPS) is 10.3. The molecule has 0 heterocycles. The van der Waals surface area contributed by atoms with E-state index >= 15 is 0 Å². The number of hydrogen-bond donors (Lipinski definition) is 3. The molecule has 0 aliphatic rings. The number of phenolic OH excluding ortho intramolecular Hbond substituents is 1. The molecule has 0 saturated heterocycles. The van der Waals surface area contributed by atoms with Crippen LogP contribution in [0.3, 0.4) is 0 Å². The fourth-order valence-electron chi connectivity index (χ4n) is 1.73. The van der Waals surface area contributed by atoms with Gasteiger partial charge in [-0.3, -0.25) is 0 Å². The van der Waals surface area contributed by atoms with Crippen LogP contribution in [-0.2, 0) is 6.54 Å². The Morgan fingerprint density at radius 2 is 2.15 bits per heavy atom. The molecule has 1 aromatic carbocycles. The molecule has 0 aliphatic heterocycles. The molecule has 0 saturated carbocycles. The number of aliphatic hydroxyl groups excluding tert-OH is 1. The van der Waals surface area contributed by atoms with Crippen molar-refractivity contribution in [3.8, 4) is 5.75 Å². The lowest BCUT2D eigenvalue weighted by molar-refractivity contribution is 0.176. The van der Waals surface area contributed by atoms with Gasteiger partial charge in [0.15, 0.2) is 11.6 Å². The van der Waals surface area contributed by atoms with Gasteiger partial charge in [0, 0.05) is 19.6 Å². The van der Waals surface area contributed by atoms with Crippen LogP contribution in [0.15, 0.2) is 18.2 Å². The van der Waals surface area contributed by atoms with Gasteiger partial charge in [0.25, 0.3) is 0 Å². The van der Waals surface area contributed by atoms with Gasteiger partial charge in [0.2, 0.25) is 0 Å². The Hall–Kier alpha value is -1.82. The molecule has 0 unspecified atom stereocenters. The summed E-state index contributed by atoms with van der Waals surface area (Å²) in [6.45, 7) is 2.95. The molecule has 6 heteroatoms. The number of carbonyl (C=O) groups is 1. The van der Waals surface area contributed by atoms with Crippen LogP contribution >= 0.6 is 0 Å². The van der Waals surface area contributed by atoms with Crippen molar-refractivity contribution in [1.29, 1.82) is 0 Å². The highest BCUT2D eigenvalue weighted by Crippen LogP contribution is 2.15. The number of phenols is 1. The summed E-state index contributed by atoms with van der Waals surface area (Å²) < 4.78 is 13.1. The van der Waals surface area contributed by atoms with E-state index in [1.807, 2.05) is 6.92 Å².